The zero-order chi connectivity index (χ0) is 19.0. The second kappa shape index (κ2) is 9.75. The molecule has 7 heteroatoms. The lowest BCUT2D eigenvalue weighted by molar-refractivity contribution is -0.113. The SMILES string of the molecule is CCCCNS(=O)(=O)c1cccc(NC(=O)CSc2ccc(C)cc2)c1. The van der Waals surface area contributed by atoms with Crippen LogP contribution in [0.2, 0.25) is 0 Å². The van der Waals surface area contributed by atoms with Crippen LogP contribution in [0, 0.1) is 6.92 Å². The highest BCUT2D eigenvalue weighted by Crippen LogP contribution is 2.20. The number of sulfonamides is 1. The molecule has 0 saturated carbocycles. The van der Waals surface area contributed by atoms with E-state index in [2.05, 4.69) is 10.0 Å². The minimum Gasteiger partial charge on any atom is -0.325 e. The van der Waals surface area contributed by atoms with Gasteiger partial charge in [0.1, 0.15) is 0 Å². The number of anilines is 1. The molecule has 0 spiro atoms. The number of carbonyl (C=O) groups is 1. The number of thioether (sulfide) groups is 1. The molecule has 0 fully saturated rings. The largest absolute Gasteiger partial charge is 0.325 e. The van der Waals surface area contributed by atoms with Crippen molar-refractivity contribution in [3.63, 3.8) is 0 Å². The van der Waals surface area contributed by atoms with E-state index in [1.165, 1.54) is 29.5 Å². The number of rotatable bonds is 9. The van der Waals surface area contributed by atoms with Crippen molar-refractivity contribution in [1.82, 2.24) is 4.72 Å². The van der Waals surface area contributed by atoms with Crippen LogP contribution in [0.4, 0.5) is 5.69 Å². The van der Waals surface area contributed by atoms with Crippen LogP contribution in [-0.2, 0) is 14.8 Å². The highest BCUT2D eigenvalue weighted by Gasteiger charge is 2.14. The van der Waals surface area contributed by atoms with E-state index in [-0.39, 0.29) is 16.6 Å². The van der Waals surface area contributed by atoms with Gasteiger partial charge in [0.15, 0.2) is 0 Å². The first-order valence-electron chi connectivity index (χ1n) is 8.50. The van der Waals surface area contributed by atoms with Crippen LogP contribution < -0.4 is 10.0 Å². The van der Waals surface area contributed by atoms with Crippen LogP contribution in [0.25, 0.3) is 0 Å². The van der Waals surface area contributed by atoms with Crippen molar-refractivity contribution in [2.75, 3.05) is 17.6 Å². The quantitative estimate of drug-likeness (QED) is 0.503. The summed E-state index contributed by atoms with van der Waals surface area (Å²) in [5.74, 6) is 0.0819. The molecule has 0 aliphatic carbocycles. The Morgan fingerprint density at radius 1 is 1.12 bits per heavy atom. The van der Waals surface area contributed by atoms with Crippen molar-refractivity contribution in [3.05, 3.63) is 54.1 Å². The van der Waals surface area contributed by atoms with Gasteiger partial charge in [0.05, 0.1) is 10.6 Å². The number of hydrogen-bond acceptors (Lipinski definition) is 4. The zero-order valence-electron chi connectivity index (χ0n) is 15.0. The maximum Gasteiger partial charge on any atom is 0.240 e. The molecular weight excluding hydrogens is 368 g/mol. The van der Waals surface area contributed by atoms with Crippen molar-refractivity contribution in [2.24, 2.45) is 0 Å². The van der Waals surface area contributed by atoms with Gasteiger partial charge in [0.2, 0.25) is 15.9 Å². The highest BCUT2D eigenvalue weighted by molar-refractivity contribution is 8.00. The first-order valence-corrected chi connectivity index (χ1v) is 11.0. The van der Waals surface area contributed by atoms with Crippen LogP contribution in [0.1, 0.15) is 25.3 Å². The summed E-state index contributed by atoms with van der Waals surface area (Å²) in [6, 6.07) is 14.2. The van der Waals surface area contributed by atoms with Gasteiger partial charge in [-0.1, -0.05) is 37.1 Å². The average Bonchev–Trinajstić information content (AvgIpc) is 2.61. The van der Waals surface area contributed by atoms with E-state index in [1.807, 2.05) is 38.1 Å². The fraction of sp³-hybridized carbons (Fsp3) is 0.316. The van der Waals surface area contributed by atoms with Crippen molar-refractivity contribution in [1.29, 1.82) is 0 Å². The van der Waals surface area contributed by atoms with E-state index in [1.54, 1.807) is 12.1 Å². The van der Waals surface area contributed by atoms with E-state index < -0.39 is 10.0 Å². The lowest BCUT2D eigenvalue weighted by Crippen LogP contribution is -2.25. The summed E-state index contributed by atoms with van der Waals surface area (Å²) in [5, 5.41) is 2.75. The monoisotopic (exact) mass is 392 g/mol. The Bertz CT molecular complexity index is 834. The maximum absolute atomic E-state index is 12.3. The number of carbonyl (C=O) groups excluding carboxylic acids is 1. The van der Waals surface area contributed by atoms with Gasteiger partial charge in [-0.05, 0) is 43.7 Å². The normalized spacial score (nSPS) is 11.3. The molecular formula is C19H24N2O3S2. The molecule has 0 aliphatic heterocycles. The predicted molar refractivity (Wildman–Crippen MR) is 107 cm³/mol. The van der Waals surface area contributed by atoms with E-state index in [0.717, 1.165) is 17.7 Å². The Morgan fingerprint density at radius 2 is 1.85 bits per heavy atom. The maximum atomic E-state index is 12.3. The van der Waals surface area contributed by atoms with E-state index in [0.29, 0.717) is 12.2 Å². The smallest absolute Gasteiger partial charge is 0.240 e. The van der Waals surface area contributed by atoms with E-state index in [9.17, 15) is 13.2 Å². The number of hydrogen-bond donors (Lipinski definition) is 2. The summed E-state index contributed by atoms with van der Waals surface area (Å²) in [5.41, 5.74) is 1.64. The summed E-state index contributed by atoms with van der Waals surface area (Å²) in [6.45, 7) is 4.42. The Balaban J connectivity index is 1.94. The first kappa shape index (κ1) is 20.5. The third-order valence-corrected chi connectivity index (χ3v) is 6.11. The Morgan fingerprint density at radius 3 is 2.54 bits per heavy atom. The third kappa shape index (κ3) is 6.48. The fourth-order valence-corrected chi connectivity index (χ4v) is 4.01. The van der Waals surface area contributed by atoms with Crippen LogP contribution in [0.3, 0.4) is 0 Å². The molecule has 1 amide bonds. The van der Waals surface area contributed by atoms with Gasteiger partial charge in [-0.25, -0.2) is 13.1 Å². The molecule has 0 unspecified atom stereocenters. The third-order valence-electron chi connectivity index (χ3n) is 3.64. The highest BCUT2D eigenvalue weighted by atomic mass is 32.2. The van der Waals surface area contributed by atoms with Gasteiger partial charge in [-0.3, -0.25) is 4.79 Å². The summed E-state index contributed by atoms with van der Waals surface area (Å²) in [6.07, 6.45) is 1.70. The Kier molecular flexibility index (Phi) is 7.68. The molecule has 0 radical (unpaired) electrons. The van der Waals surface area contributed by atoms with Crippen LogP contribution in [0.15, 0.2) is 58.3 Å². The Hall–Kier alpha value is -1.83. The molecule has 0 atom stereocenters. The molecule has 0 aliphatic rings. The second-order valence-corrected chi connectivity index (χ2v) is 8.74. The van der Waals surface area contributed by atoms with Gasteiger partial charge in [0.25, 0.3) is 0 Å². The number of unbranched alkanes of at least 4 members (excludes halogenated alkanes) is 1. The van der Waals surface area contributed by atoms with Crippen molar-refractivity contribution in [2.45, 2.75) is 36.5 Å². The van der Waals surface area contributed by atoms with Crippen LogP contribution >= 0.6 is 11.8 Å². The minimum absolute atomic E-state index is 0.151. The molecule has 2 N–H and O–H groups in total. The molecule has 0 saturated heterocycles. The molecule has 26 heavy (non-hydrogen) atoms. The summed E-state index contributed by atoms with van der Waals surface area (Å²) in [4.78, 5) is 13.3. The van der Waals surface area contributed by atoms with Gasteiger partial charge in [-0.2, -0.15) is 0 Å². The van der Waals surface area contributed by atoms with Crippen molar-refractivity contribution >= 4 is 33.4 Å². The number of aryl methyl sites for hydroxylation is 1. The van der Waals surface area contributed by atoms with Crippen molar-refractivity contribution in [3.8, 4) is 0 Å². The van der Waals surface area contributed by atoms with Gasteiger partial charge < -0.3 is 5.32 Å². The predicted octanol–water partition coefficient (Wildman–Crippen LogP) is 3.80. The molecule has 2 aromatic rings. The minimum atomic E-state index is -3.56. The van der Waals surface area contributed by atoms with Crippen LogP contribution in [0.5, 0.6) is 0 Å². The lowest BCUT2D eigenvalue weighted by Gasteiger charge is -2.09. The summed E-state index contributed by atoms with van der Waals surface area (Å²) < 4.78 is 27.1. The number of nitrogens with one attached hydrogen (secondary N) is 2. The van der Waals surface area contributed by atoms with E-state index >= 15 is 0 Å². The molecule has 140 valence electrons. The Labute approximate surface area is 159 Å². The molecule has 2 aromatic carbocycles. The van der Waals surface area contributed by atoms with Gasteiger partial charge >= 0.3 is 0 Å². The standard InChI is InChI=1S/C19H24N2O3S2/c1-3-4-12-20-26(23,24)18-7-5-6-16(13-18)21-19(22)14-25-17-10-8-15(2)9-11-17/h5-11,13,20H,3-4,12,14H2,1-2H3,(H,21,22). The van der Waals surface area contributed by atoms with Crippen LogP contribution in [-0.4, -0.2) is 26.6 Å². The molecule has 0 heterocycles. The zero-order valence-corrected chi connectivity index (χ0v) is 16.6. The first-order chi connectivity index (χ1) is 12.4. The molecule has 5 nitrogen and oxygen atoms in total. The molecule has 0 bridgehead atoms. The summed E-state index contributed by atoms with van der Waals surface area (Å²) in [7, 11) is -3.56. The van der Waals surface area contributed by atoms with E-state index in [4.69, 9.17) is 0 Å². The van der Waals surface area contributed by atoms with Crippen molar-refractivity contribution < 1.29 is 13.2 Å². The second-order valence-electron chi connectivity index (χ2n) is 5.93. The molecule has 2 rings (SSSR count). The average molecular weight is 393 g/mol. The van der Waals surface area contributed by atoms with Gasteiger partial charge in [0, 0.05) is 17.1 Å². The fourth-order valence-electron chi connectivity index (χ4n) is 2.19. The summed E-state index contributed by atoms with van der Waals surface area (Å²) >= 11 is 1.44. The molecule has 0 aromatic heterocycles. The number of amides is 1. The lowest BCUT2D eigenvalue weighted by atomic mass is 10.2. The van der Waals surface area contributed by atoms with Gasteiger partial charge in [-0.15, -0.1) is 11.8 Å². The topological polar surface area (TPSA) is 75.3 Å². The number of benzene rings is 2.